The summed E-state index contributed by atoms with van der Waals surface area (Å²) >= 11 is 0. The summed E-state index contributed by atoms with van der Waals surface area (Å²) in [6.45, 7) is 0. The van der Waals surface area contributed by atoms with Gasteiger partial charge in [-0.2, -0.15) is 0 Å². The van der Waals surface area contributed by atoms with E-state index in [2.05, 4.69) is 16.0 Å². The molecule has 0 spiro atoms. The van der Waals surface area contributed by atoms with Crippen molar-refractivity contribution in [3.05, 3.63) is 65.4 Å². The Bertz CT molecular complexity index is 1170. The van der Waals surface area contributed by atoms with Crippen molar-refractivity contribution in [2.24, 2.45) is 4.99 Å². The van der Waals surface area contributed by atoms with Crippen molar-refractivity contribution in [2.75, 3.05) is 53.2 Å². The van der Waals surface area contributed by atoms with E-state index in [9.17, 15) is 4.79 Å². The van der Waals surface area contributed by atoms with Crippen LogP contribution in [0.25, 0.3) is 0 Å². The number of ether oxygens (including phenoxy) is 5. The number of rotatable bonds is 7. The van der Waals surface area contributed by atoms with Gasteiger partial charge in [0, 0.05) is 58.7 Å². The first-order valence-corrected chi connectivity index (χ1v) is 11.4. The number of hydrogen-bond donors (Lipinski definition) is 3. The number of nitrogens with zero attached hydrogens (tertiary/aromatic N) is 1. The number of methoxy groups -OCH3 is 5. The number of benzene rings is 1. The van der Waals surface area contributed by atoms with Crippen LogP contribution in [0.3, 0.4) is 0 Å². The lowest BCUT2D eigenvalue weighted by atomic mass is 9.79. The molecule has 1 aromatic carbocycles. The van der Waals surface area contributed by atoms with Crippen LogP contribution < -0.4 is 16.0 Å². The van der Waals surface area contributed by atoms with Crippen LogP contribution in [-0.4, -0.2) is 72.0 Å². The molecular weight excluding hydrogens is 464 g/mol. The second-order valence-corrected chi connectivity index (χ2v) is 8.30. The first kappa shape index (κ1) is 25.6. The van der Waals surface area contributed by atoms with E-state index in [-0.39, 0.29) is 0 Å². The van der Waals surface area contributed by atoms with Crippen LogP contribution in [-0.2, 0) is 23.7 Å². The number of amides is 1. The first-order valence-electron chi connectivity index (χ1n) is 11.4. The maximum Gasteiger partial charge on any atom is 0.411 e. The molecule has 0 bridgehead atoms. The molecule has 0 saturated carbocycles. The van der Waals surface area contributed by atoms with E-state index in [4.69, 9.17) is 28.7 Å². The predicted octanol–water partition coefficient (Wildman–Crippen LogP) is 3.64. The number of fused-ring (bicyclic) bond motifs is 1. The molecular formula is C26H32N4O6. The minimum absolute atomic E-state index is 0.426. The van der Waals surface area contributed by atoms with E-state index in [1.807, 2.05) is 36.4 Å². The maximum absolute atomic E-state index is 11.7. The Balaban J connectivity index is 1.91. The predicted molar refractivity (Wildman–Crippen MR) is 138 cm³/mol. The van der Waals surface area contributed by atoms with Crippen LogP contribution in [0.2, 0.25) is 0 Å². The topological polar surface area (TPSA) is 112 Å². The fourth-order valence-corrected chi connectivity index (χ4v) is 4.73. The van der Waals surface area contributed by atoms with E-state index in [0.717, 1.165) is 28.2 Å². The Hall–Kier alpha value is -3.44. The second kappa shape index (κ2) is 10.3. The molecule has 1 heterocycles. The van der Waals surface area contributed by atoms with Crippen molar-refractivity contribution in [2.45, 2.75) is 24.0 Å². The highest BCUT2D eigenvalue weighted by Gasteiger charge is 2.51. The smallest absolute Gasteiger partial charge is 0.411 e. The molecule has 0 fully saturated rings. The molecule has 1 atom stereocenters. The Morgan fingerprint density at radius 3 is 2.50 bits per heavy atom. The van der Waals surface area contributed by atoms with Crippen molar-refractivity contribution < 1.29 is 28.5 Å². The Kier molecular flexibility index (Phi) is 7.32. The zero-order valence-corrected chi connectivity index (χ0v) is 21.3. The summed E-state index contributed by atoms with van der Waals surface area (Å²) in [5.74, 6) is -2.09. The fraction of sp³-hybridized carbons (Fsp3) is 0.385. The number of carbonyl (C=O) groups excluding carboxylic acids is 1. The first-order chi connectivity index (χ1) is 17.4. The van der Waals surface area contributed by atoms with Gasteiger partial charge in [-0.3, -0.25) is 5.32 Å². The number of carbonyl (C=O) groups is 1. The summed E-state index contributed by atoms with van der Waals surface area (Å²) < 4.78 is 28.2. The number of aliphatic imine (C=N–C) groups is 1. The molecule has 192 valence electrons. The summed E-state index contributed by atoms with van der Waals surface area (Å²) in [5.41, 5.74) is 5.14. The third-order valence-electron chi connectivity index (χ3n) is 6.68. The lowest BCUT2D eigenvalue weighted by Gasteiger charge is -2.47. The lowest BCUT2D eigenvalue weighted by molar-refractivity contribution is -0.197. The van der Waals surface area contributed by atoms with Gasteiger partial charge in [0.05, 0.1) is 29.9 Å². The zero-order chi connectivity index (χ0) is 25.9. The van der Waals surface area contributed by atoms with Crippen molar-refractivity contribution >= 4 is 28.9 Å². The zero-order valence-electron chi connectivity index (χ0n) is 21.3. The van der Waals surface area contributed by atoms with E-state index >= 15 is 0 Å². The highest BCUT2D eigenvalue weighted by atomic mass is 16.7. The SMILES string of the molecule is CNc1cc(NC(=O)OC)ccc1N=C1C2=CC=CC(OC)(OC)C2NC2=C1C=CCC2(OC)OC. The number of nitrogens with one attached hydrogen (secondary N) is 3. The summed E-state index contributed by atoms with van der Waals surface area (Å²) in [6, 6.07) is 4.95. The van der Waals surface area contributed by atoms with E-state index in [0.29, 0.717) is 17.8 Å². The summed E-state index contributed by atoms with van der Waals surface area (Å²) in [4.78, 5) is 16.8. The van der Waals surface area contributed by atoms with Gasteiger partial charge >= 0.3 is 6.09 Å². The van der Waals surface area contributed by atoms with Gasteiger partial charge in [0.25, 0.3) is 0 Å². The van der Waals surface area contributed by atoms with Gasteiger partial charge in [0.15, 0.2) is 0 Å². The lowest BCUT2D eigenvalue weighted by Crippen LogP contribution is -2.61. The molecule has 10 heteroatoms. The van der Waals surface area contributed by atoms with Crippen LogP contribution in [0, 0.1) is 0 Å². The fourth-order valence-electron chi connectivity index (χ4n) is 4.73. The monoisotopic (exact) mass is 496 g/mol. The molecule has 0 radical (unpaired) electrons. The van der Waals surface area contributed by atoms with Gasteiger partial charge in [-0.25, -0.2) is 9.79 Å². The minimum atomic E-state index is -1.07. The highest BCUT2D eigenvalue weighted by molar-refractivity contribution is 6.18. The summed E-state index contributed by atoms with van der Waals surface area (Å²) in [6.07, 6.45) is 9.74. The molecule has 1 amide bonds. The highest BCUT2D eigenvalue weighted by Crippen LogP contribution is 2.42. The Morgan fingerprint density at radius 1 is 1.11 bits per heavy atom. The molecule has 0 saturated heterocycles. The number of anilines is 2. The van der Waals surface area contributed by atoms with Gasteiger partial charge in [-0.05, 0) is 24.3 Å². The molecule has 1 aromatic rings. The molecule has 3 N–H and O–H groups in total. The quantitative estimate of drug-likeness (QED) is 0.491. The molecule has 1 unspecified atom stereocenters. The van der Waals surface area contributed by atoms with Crippen LogP contribution in [0.1, 0.15) is 6.42 Å². The van der Waals surface area contributed by atoms with Crippen LogP contribution in [0.15, 0.2) is 70.4 Å². The molecule has 36 heavy (non-hydrogen) atoms. The molecule has 1 aliphatic heterocycles. The van der Waals surface area contributed by atoms with Crippen LogP contribution in [0.5, 0.6) is 0 Å². The molecule has 10 nitrogen and oxygen atoms in total. The number of allylic oxidation sites excluding steroid dienone is 4. The standard InChI is InChI=1S/C26H32N4O6/c1-27-20-15-16(28-24(31)32-2)11-12-19(20)29-21-17-9-7-13-25(33-3,34-4)22(17)30-23-18(21)10-8-14-26(23,35-5)36-6/h7-13,15,22,27,30H,14H2,1-6H3,(H,28,31). The van der Waals surface area contributed by atoms with Crippen molar-refractivity contribution in [1.29, 1.82) is 0 Å². The third-order valence-corrected chi connectivity index (χ3v) is 6.68. The van der Waals surface area contributed by atoms with Crippen LogP contribution >= 0.6 is 0 Å². The van der Waals surface area contributed by atoms with Gasteiger partial charge in [0.1, 0.15) is 6.04 Å². The van der Waals surface area contributed by atoms with Gasteiger partial charge in [0.2, 0.25) is 11.6 Å². The Morgan fingerprint density at radius 2 is 1.86 bits per heavy atom. The van der Waals surface area contributed by atoms with E-state index in [1.54, 1.807) is 47.6 Å². The third kappa shape index (κ3) is 4.22. The van der Waals surface area contributed by atoms with E-state index in [1.165, 1.54) is 7.11 Å². The van der Waals surface area contributed by atoms with Gasteiger partial charge in [-0.1, -0.05) is 24.3 Å². The molecule has 3 aliphatic rings. The summed E-state index contributed by atoms with van der Waals surface area (Å²) in [7, 11) is 9.55. The Labute approximate surface area is 210 Å². The van der Waals surface area contributed by atoms with Crippen molar-refractivity contribution in [3.63, 3.8) is 0 Å². The average molecular weight is 497 g/mol. The second-order valence-electron chi connectivity index (χ2n) is 8.30. The molecule has 2 aliphatic carbocycles. The largest absolute Gasteiger partial charge is 0.453 e. The van der Waals surface area contributed by atoms with Gasteiger partial charge < -0.3 is 34.3 Å². The van der Waals surface area contributed by atoms with Crippen LogP contribution in [0.4, 0.5) is 21.9 Å². The average Bonchev–Trinajstić information content (AvgIpc) is 2.92. The summed E-state index contributed by atoms with van der Waals surface area (Å²) in [5, 5.41) is 9.41. The van der Waals surface area contributed by atoms with E-state index < -0.39 is 23.7 Å². The normalized spacial score (nSPS) is 22.3. The minimum Gasteiger partial charge on any atom is -0.453 e. The van der Waals surface area contributed by atoms with Crippen molar-refractivity contribution in [3.8, 4) is 0 Å². The van der Waals surface area contributed by atoms with Gasteiger partial charge in [-0.15, -0.1) is 0 Å². The van der Waals surface area contributed by atoms with Crippen molar-refractivity contribution in [1.82, 2.24) is 5.32 Å². The molecule has 0 aromatic heterocycles. The number of hydrogen-bond acceptors (Lipinski definition) is 9. The maximum atomic E-state index is 11.7. The molecule has 4 rings (SSSR count).